The normalized spacial score (nSPS) is 14.6. The van der Waals surface area contributed by atoms with Gasteiger partial charge in [-0.3, -0.25) is 0 Å². The molecule has 0 N–H and O–H groups in total. The number of carbonyl (C=O) groups is 1. The Morgan fingerprint density at radius 2 is 1.72 bits per heavy atom. The van der Waals surface area contributed by atoms with Gasteiger partial charge in [0.15, 0.2) is 9.84 Å². The van der Waals surface area contributed by atoms with Crippen LogP contribution in [-0.2, 0) is 19.4 Å². The zero-order valence-corrected chi connectivity index (χ0v) is 16.0. The number of sulfone groups is 1. The summed E-state index contributed by atoms with van der Waals surface area (Å²) < 4.78 is 34.3. The topological polar surface area (TPSA) is 69.7 Å². The molecule has 0 saturated heterocycles. The van der Waals surface area contributed by atoms with Gasteiger partial charge >= 0.3 is 5.97 Å². The van der Waals surface area contributed by atoms with E-state index in [1.54, 1.807) is 37.4 Å². The Kier molecular flexibility index (Phi) is 4.71. The molecule has 0 aliphatic carbocycles. The highest BCUT2D eigenvalue weighted by Crippen LogP contribution is 2.36. The lowest BCUT2D eigenvalue weighted by Crippen LogP contribution is -1.99. The number of carbonyl (C=O) groups excluding carboxylic acids is 1. The van der Waals surface area contributed by atoms with Gasteiger partial charge < -0.3 is 9.47 Å². The molecular formula is C18H15BrO5S. The summed E-state index contributed by atoms with van der Waals surface area (Å²) in [4.78, 5) is 12.5. The van der Waals surface area contributed by atoms with Crippen molar-refractivity contribution in [3.05, 3.63) is 58.1 Å². The van der Waals surface area contributed by atoms with Gasteiger partial charge in [-0.05, 0) is 51.3 Å². The molecule has 25 heavy (non-hydrogen) atoms. The number of esters is 1. The molecule has 0 unspecified atom stereocenters. The molecule has 0 bridgehead atoms. The highest BCUT2D eigenvalue weighted by Gasteiger charge is 2.27. The van der Waals surface area contributed by atoms with Crippen molar-refractivity contribution in [1.29, 1.82) is 0 Å². The zero-order valence-electron chi connectivity index (χ0n) is 13.6. The molecule has 1 aliphatic heterocycles. The van der Waals surface area contributed by atoms with E-state index in [0.29, 0.717) is 16.9 Å². The summed E-state index contributed by atoms with van der Waals surface area (Å²) in [6, 6.07) is 11.8. The number of hydrogen-bond acceptors (Lipinski definition) is 5. The molecular weight excluding hydrogens is 408 g/mol. The van der Waals surface area contributed by atoms with E-state index in [1.807, 2.05) is 0 Å². The van der Waals surface area contributed by atoms with Crippen LogP contribution in [0.2, 0.25) is 0 Å². The number of methoxy groups -OCH3 is 1. The van der Waals surface area contributed by atoms with Crippen LogP contribution >= 0.6 is 15.9 Å². The fourth-order valence-corrected chi connectivity index (χ4v) is 3.82. The van der Waals surface area contributed by atoms with Crippen molar-refractivity contribution in [3.8, 4) is 5.75 Å². The van der Waals surface area contributed by atoms with Crippen LogP contribution in [0, 0.1) is 0 Å². The molecule has 0 atom stereocenters. The second-order valence-corrected chi connectivity index (χ2v) is 8.45. The molecule has 0 spiro atoms. The van der Waals surface area contributed by atoms with Crippen LogP contribution in [-0.4, -0.2) is 34.4 Å². The summed E-state index contributed by atoms with van der Waals surface area (Å²) in [5, 5.41) is 0. The smallest absolute Gasteiger partial charge is 0.339 e. The summed E-state index contributed by atoms with van der Waals surface area (Å²) >= 11 is 3.42. The minimum Gasteiger partial charge on any atom is -0.496 e. The molecule has 3 rings (SSSR count). The third-order valence-corrected chi connectivity index (χ3v) is 5.67. The summed E-state index contributed by atoms with van der Waals surface area (Å²) in [6.45, 7) is 0.149. The van der Waals surface area contributed by atoms with Gasteiger partial charge in [0.1, 0.15) is 12.4 Å². The molecule has 7 heteroatoms. The largest absolute Gasteiger partial charge is 0.496 e. The maximum Gasteiger partial charge on any atom is 0.339 e. The number of hydrogen-bond donors (Lipinski definition) is 0. The van der Waals surface area contributed by atoms with Gasteiger partial charge in [-0.15, -0.1) is 0 Å². The average Bonchev–Trinajstić information content (AvgIpc) is 2.95. The molecule has 5 nitrogen and oxygen atoms in total. The van der Waals surface area contributed by atoms with Crippen LogP contribution in [0.15, 0.2) is 51.8 Å². The SMILES string of the molecule is COc1ccc(C2=C(c3ccc(S(C)(=O)=O)cc3)COC2=O)cc1Br. The van der Waals surface area contributed by atoms with E-state index >= 15 is 0 Å². The third kappa shape index (κ3) is 3.48. The average molecular weight is 423 g/mol. The first-order valence-electron chi connectivity index (χ1n) is 7.36. The minimum absolute atomic E-state index is 0.149. The summed E-state index contributed by atoms with van der Waals surface area (Å²) in [7, 11) is -1.70. The highest BCUT2D eigenvalue weighted by atomic mass is 79.9. The second kappa shape index (κ2) is 6.65. The van der Waals surface area contributed by atoms with Crippen molar-refractivity contribution in [3.63, 3.8) is 0 Å². The lowest BCUT2D eigenvalue weighted by molar-refractivity contribution is -0.133. The van der Waals surface area contributed by atoms with E-state index in [4.69, 9.17) is 9.47 Å². The second-order valence-electron chi connectivity index (χ2n) is 5.58. The van der Waals surface area contributed by atoms with Gasteiger partial charge in [0, 0.05) is 11.8 Å². The zero-order chi connectivity index (χ0) is 18.2. The maximum absolute atomic E-state index is 12.2. The Labute approximate surface area is 154 Å². The summed E-state index contributed by atoms with van der Waals surface area (Å²) in [5.41, 5.74) is 2.65. The predicted octanol–water partition coefficient (Wildman–Crippen LogP) is 3.33. The van der Waals surface area contributed by atoms with E-state index in [2.05, 4.69) is 15.9 Å². The lowest BCUT2D eigenvalue weighted by Gasteiger charge is -2.08. The Balaban J connectivity index is 2.09. The Morgan fingerprint density at radius 3 is 2.28 bits per heavy atom. The van der Waals surface area contributed by atoms with E-state index in [-0.39, 0.29) is 11.5 Å². The molecule has 0 fully saturated rings. The van der Waals surface area contributed by atoms with Crippen molar-refractivity contribution < 1.29 is 22.7 Å². The van der Waals surface area contributed by atoms with Gasteiger partial charge in [0.2, 0.25) is 0 Å². The van der Waals surface area contributed by atoms with Gasteiger partial charge in [0.05, 0.1) is 22.1 Å². The van der Waals surface area contributed by atoms with Gasteiger partial charge in [-0.1, -0.05) is 18.2 Å². The fourth-order valence-electron chi connectivity index (χ4n) is 2.65. The van der Waals surface area contributed by atoms with E-state index < -0.39 is 15.8 Å². The molecule has 0 radical (unpaired) electrons. The fraction of sp³-hybridized carbons (Fsp3) is 0.167. The summed E-state index contributed by atoms with van der Waals surface area (Å²) in [6.07, 6.45) is 1.16. The van der Waals surface area contributed by atoms with E-state index in [0.717, 1.165) is 21.9 Å². The van der Waals surface area contributed by atoms with E-state index in [1.165, 1.54) is 12.1 Å². The first-order valence-corrected chi connectivity index (χ1v) is 10.0. The Bertz CT molecular complexity index is 975. The Morgan fingerprint density at radius 1 is 1.08 bits per heavy atom. The molecule has 130 valence electrons. The van der Waals surface area contributed by atoms with Crippen molar-refractivity contribution >= 4 is 42.9 Å². The molecule has 0 aromatic heterocycles. The van der Waals surface area contributed by atoms with E-state index in [9.17, 15) is 13.2 Å². The number of rotatable bonds is 4. The summed E-state index contributed by atoms with van der Waals surface area (Å²) in [5.74, 6) is 0.258. The standard InChI is InChI=1S/C18H15BrO5S/c1-23-16-8-5-12(9-15(16)19)17-14(10-24-18(17)20)11-3-6-13(7-4-11)25(2,21)22/h3-9H,10H2,1-2H3. The monoisotopic (exact) mass is 422 g/mol. The molecule has 0 saturated carbocycles. The Hall–Kier alpha value is -2.12. The molecule has 0 amide bonds. The first-order chi connectivity index (χ1) is 11.8. The van der Waals surface area contributed by atoms with Crippen molar-refractivity contribution in [2.24, 2.45) is 0 Å². The maximum atomic E-state index is 12.2. The quantitative estimate of drug-likeness (QED) is 0.706. The van der Waals surface area contributed by atoms with Crippen LogP contribution in [0.1, 0.15) is 11.1 Å². The number of halogens is 1. The lowest BCUT2D eigenvalue weighted by atomic mass is 9.97. The molecule has 1 aliphatic rings. The van der Waals surface area contributed by atoms with Crippen LogP contribution in [0.4, 0.5) is 0 Å². The molecule has 2 aromatic carbocycles. The van der Waals surface area contributed by atoms with Crippen LogP contribution in [0.5, 0.6) is 5.75 Å². The van der Waals surface area contributed by atoms with Crippen LogP contribution < -0.4 is 4.74 Å². The predicted molar refractivity (Wildman–Crippen MR) is 98.0 cm³/mol. The van der Waals surface area contributed by atoms with Crippen LogP contribution in [0.25, 0.3) is 11.1 Å². The van der Waals surface area contributed by atoms with Crippen molar-refractivity contribution in [2.45, 2.75) is 4.90 Å². The van der Waals surface area contributed by atoms with Crippen molar-refractivity contribution in [1.82, 2.24) is 0 Å². The molecule has 2 aromatic rings. The van der Waals surface area contributed by atoms with Gasteiger partial charge in [0.25, 0.3) is 0 Å². The van der Waals surface area contributed by atoms with Gasteiger partial charge in [-0.2, -0.15) is 0 Å². The molecule has 1 heterocycles. The van der Waals surface area contributed by atoms with Crippen LogP contribution in [0.3, 0.4) is 0 Å². The number of ether oxygens (including phenoxy) is 2. The van der Waals surface area contributed by atoms with Crippen molar-refractivity contribution in [2.75, 3.05) is 20.0 Å². The first kappa shape index (κ1) is 17.7. The van der Waals surface area contributed by atoms with Gasteiger partial charge in [-0.25, -0.2) is 13.2 Å². The highest BCUT2D eigenvalue weighted by molar-refractivity contribution is 9.10. The minimum atomic E-state index is -3.27. The number of cyclic esters (lactones) is 1. The third-order valence-electron chi connectivity index (χ3n) is 3.92. The number of benzene rings is 2.